The van der Waals surface area contributed by atoms with Crippen molar-refractivity contribution in [2.24, 2.45) is 0 Å². The van der Waals surface area contributed by atoms with E-state index in [2.05, 4.69) is 10.3 Å². The molecule has 158 valence electrons. The number of hydrogen-bond acceptors (Lipinski definition) is 6. The van der Waals surface area contributed by atoms with Gasteiger partial charge in [-0.1, -0.05) is 13.3 Å². The number of rotatable bonds is 6. The minimum Gasteiger partial charge on any atom is -0.376 e. The number of nitrogens with one attached hydrogen (secondary N) is 1. The summed E-state index contributed by atoms with van der Waals surface area (Å²) in [5.74, 6) is -0.268. The van der Waals surface area contributed by atoms with Crippen LogP contribution >= 0.6 is 11.3 Å². The number of amides is 1. The lowest BCUT2D eigenvalue weighted by Gasteiger charge is -2.26. The lowest BCUT2D eigenvalue weighted by molar-refractivity contribution is 0.103. The molecule has 0 bridgehead atoms. The highest BCUT2D eigenvalue weighted by molar-refractivity contribution is 7.89. The first-order valence-corrected chi connectivity index (χ1v) is 12.1. The van der Waals surface area contributed by atoms with Gasteiger partial charge < -0.3 is 10.2 Å². The highest BCUT2D eigenvalue weighted by atomic mass is 32.2. The van der Waals surface area contributed by atoms with Crippen molar-refractivity contribution in [3.63, 3.8) is 0 Å². The molecule has 1 aliphatic heterocycles. The molecular weight excluding hydrogens is 408 g/mol. The minimum atomic E-state index is -3.58. The third-order valence-corrected chi connectivity index (χ3v) is 8.20. The van der Waals surface area contributed by atoms with Crippen molar-refractivity contribution in [3.05, 3.63) is 33.8 Å². The maximum atomic E-state index is 13.1. The Morgan fingerprint density at radius 3 is 2.52 bits per heavy atom. The van der Waals surface area contributed by atoms with E-state index >= 15 is 0 Å². The molecule has 0 saturated carbocycles. The summed E-state index contributed by atoms with van der Waals surface area (Å²) in [5, 5.41) is 3.81. The molecule has 1 saturated heterocycles. The Hall–Kier alpha value is -1.97. The third-order valence-electron chi connectivity index (χ3n) is 5.00. The molecule has 0 spiro atoms. The van der Waals surface area contributed by atoms with Crippen molar-refractivity contribution < 1.29 is 13.2 Å². The summed E-state index contributed by atoms with van der Waals surface area (Å²) in [6.45, 7) is 4.90. The Kier molecular flexibility index (Phi) is 6.60. The molecule has 9 heteroatoms. The highest BCUT2D eigenvalue weighted by Crippen LogP contribution is 2.31. The molecule has 1 fully saturated rings. The monoisotopic (exact) mass is 436 g/mol. The van der Waals surface area contributed by atoms with Crippen LogP contribution in [0.5, 0.6) is 0 Å². The molecule has 0 atom stereocenters. The van der Waals surface area contributed by atoms with Crippen molar-refractivity contribution in [1.82, 2.24) is 9.29 Å². The van der Waals surface area contributed by atoms with Gasteiger partial charge >= 0.3 is 0 Å². The zero-order valence-corrected chi connectivity index (χ0v) is 19.0. The number of carbonyl (C=O) groups is 1. The topological polar surface area (TPSA) is 82.6 Å². The highest BCUT2D eigenvalue weighted by Gasteiger charge is 2.27. The van der Waals surface area contributed by atoms with Gasteiger partial charge in [0.1, 0.15) is 4.88 Å². The van der Waals surface area contributed by atoms with E-state index in [4.69, 9.17) is 0 Å². The van der Waals surface area contributed by atoms with Crippen LogP contribution in [0.2, 0.25) is 0 Å². The van der Waals surface area contributed by atoms with Crippen LogP contribution in [0.1, 0.15) is 46.6 Å². The zero-order chi connectivity index (χ0) is 21.2. The first-order chi connectivity index (χ1) is 13.7. The summed E-state index contributed by atoms with van der Waals surface area (Å²) >= 11 is 1.37. The molecule has 1 aromatic heterocycles. The first kappa shape index (κ1) is 21.7. The number of anilines is 2. The predicted molar refractivity (Wildman–Crippen MR) is 118 cm³/mol. The second-order valence-corrected chi connectivity index (χ2v) is 10.4. The molecule has 0 aliphatic carbocycles. The van der Waals surface area contributed by atoms with Crippen molar-refractivity contribution in [2.75, 3.05) is 37.4 Å². The Balaban J connectivity index is 1.95. The maximum Gasteiger partial charge on any atom is 0.267 e. The summed E-state index contributed by atoms with van der Waals surface area (Å²) in [7, 11) is 0.134. The van der Waals surface area contributed by atoms with Crippen LogP contribution in [0.15, 0.2) is 23.1 Å². The van der Waals surface area contributed by atoms with Crippen molar-refractivity contribution in [2.45, 2.75) is 44.4 Å². The van der Waals surface area contributed by atoms with Gasteiger partial charge in [0, 0.05) is 27.2 Å². The van der Waals surface area contributed by atoms with Gasteiger partial charge in [0.25, 0.3) is 5.91 Å². The van der Waals surface area contributed by atoms with E-state index < -0.39 is 10.0 Å². The minimum absolute atomic E-state index is 0.204. The van der Waals surface area contributed by atoms with E-state index in [-0.39, 0.29) is 10.8 Å². The summed E-state index contributed by atoms with van der Waals surface area (Å²) in [6.07, 6.45) is 3.58. The quantitative estimate of drug-likeness (QED) is 0.749. The van der Waals surface area contributed by atoms with Gasteiger partial charge in [0.15, 0.2) is 0 Å². The van der Waals surface area contributed by atoms with Crippen LogP contribution in [0, 0.1) is 6.92 Å². The van der Waals surface area contributed by atoms with Crippen LogP contribution in [0.3, 0.4) is 0 Å². The first-order valence-electron chi connectivity index (χ1n) is 9.83. The Morgan fingerprint density at radius 1 is 1.24 bits per heavy atom. The van der Waals surface area contributed by atoms with Crippen LogP contribution in [0.25, 0.3) is 0 Å². The van der Waals surface area contributed by atoms with E-state index in [1.165, 1.54) is 15.6 Å². The number of nitrogens with zero attached hydrogens (tertiary/aromatic N) is 3. The average molecular weight is 437 g/mol. The third kappa shape index (κ3) is 4.62. The number of thiazole rings is 1. The SMILES string of the molecule is CCc1nc(C)c(C(=O)Nc2cc(S(=O)(=O)N3CCCCC3)ccc2N(C)C)s1. The molecule has 2 heterocycles. The summed E-state index contributed by atoms with van der Waals surface area (Å²) in [4.78, 5) is 19.9. The second kappa shape index (κ2) is 8.81. The van der Waals surface area contributed by atoms with Gasteiger partial charge in [0.2, 0.25) is 10.0 Å². The number of piperidine rings is 1. The van der Waals surface area contributed by atoms with Crippen LogP contribution in [0.4, 0.5) is 11.4 Å². The van der Waals surface area contributed by atoms with Crippen LogP contribution in [-0.4, -0.2) is 50.8 Å². The molecular formula is C20H28N4O3S2. The molecule has 3 rings (SSSR count). The molecule has 0 unspecified atom stereocenters. The van der Waals surface area contributed by atoms with Gasteiger partial charge in [-0.25, -0.2) is 13.4 Å². The molecule has 1 N–H and O–H groups in total. The zero-order valence-electron chi connectivity index (χ0n) is 17.4. The number of sulfonamides is 1. The smallest absolute Gasteiger partial charge is 0.267 e. The number of aryl methyl sites for hydroxylation is 2. The molecule has 29 heavy (non-hydrogen) atoms. The predicted octanol–water partition coefficient (Wildman–Crippen LogP) is 3.51. The summed E-state index contributed by atoms with van der Waals surface area (Å²) in [5.41, 5.74) is 1.91. The van der Waals surface area contributed by atoms with E-state index in [1.54, 1.807) is 18.2 Å². The van der Waals surface area contributed by atoms with Gasteiger partial charge in [-0.05, 0) is 44.4 Å². The van der Waals surface area contributed by atoms with Gasteiger partial charge in [0.05, 0.1) is 27.0 Å². The molecule has 7 nitrogen and oxygen atoms in total. The number of carbonyl (C=O) groups excluding carboxylic acids is 1. The average Bonchev–Trinajstić information content (AvgIpc) is 3.09. The van der Waals surface area contributed by atoms with Crippen molar-refractivity contribution >= 4 is 38.6 Å². The molecule has 2 aromatic rings. The van der Waals surface area contributed by atoms with E-state index in [9.17, 15) is 13.2 Å². The normalized spacial score (nSPS) is 15.3. The lowest BCUT2D eigenvalue weighted by Crippen LogP contribution is -2.35. The standard InChI is InChI=1S/C20H28N4O3S2/c1-5-18-21-14(2)19(28-18)20(25)22-16-13-15(9-10-17(16)23(3)4)29(26,27)24-11-7-6-8-12-24/h9-10,13H,5-8,11-12H2,1-4H3,(H,22,25). The number of hydrogen-bond donors (Lipinski definition) is 1. The molecule has 1 amide bonds. The fourth-order valence-electron chi connectivity index (χ4n) is 3.41. The van der Waals surface area contributed by atoms with E-state index in [1.807, 2.05) is 32.8 Å². The summed E-state index contributed by atoms with van der Waals surface area (Å²) in [6, 6.07) is 4.92. The van der Waals surface area contributed by atoms with Crippen molar-refractivity contribution in [1.29, 1.82) is 0 Å². The number of aromatic nitrogens is 1. The summed E-state index contributed by atoms with van der Waals surface area (Å²) < 4.78 is 27.7. The second-order valence-electron chi connectivity index (χ2n) is 7.37. The molecule has 0 radical (unpaired) electrons. The maximum absolute atomic E-state index is 13.1. The van der Waals surface area contributed by atoms with E-state index in [0.717, 1.165) is 36.4 Å². The molecule has 1 aliphatic rings. The largest absolute Gasteiger partial charge is 0.376 e. The Bertz CT molecular complexity index is 993. The van der Waals surface area contributed by atoms with Crippen molar-refractivity contribution in [3.8, 4) is 0 Å². The number of benzene rings is 1. The van der Waals surface area contributed by atoms with Gasteiger partial charge in [-0.2, -0.15) is 4.31 Å². The van der Waals surface area contributed by atoms with Gasteiger partial charge in [-0.15, -0.1) is 11.3 Å². The lowest BCUT2D eigenvalue weighted by atomic mass is 10.2. The van der Waals surface area contributed by atoms with Crippen LogP contribution in [-0.2, 0) is 16.4 Å². The van der Waals surface area contributed by atoms with E-state index in [0.29, 0.717) is 29.3 Å². The Morgan fingerprint density at radius 2 is 1.93 bits per heavy atom. The van der Waals surface area contributed by atoms with Crippen LogP contribution < -0.4 is 10.2 Å². The fourth-order valence-corrected chi connectivity index (χ4v) is 5.86. The molecule has 1 aromatic carbocycles. The fraction of sp³-hybridized carbons (Fsp3) is 0.500. The van der Waals surface area contributed by atoms with Gasteiger partial charge in [-0.3, -0.25) is 4.79 Å². The Labute approximate surface area is 176 Å².